The number of nitrogens with zero attached hydrogens (tertiary/aromatic N) is 1. The molecule has 1 rings (SSSR count). The second kappa shape index (κ2) is 7.19. The average Bonchev–Trinajstić information content (AvgIpc) is 2.25. The van der Waals surface area contributed by atoms with Crippen LogP contribution in [-0.4, -0.2) is 35.9 Å². The molecule has 0 spiro atoms. The number of hydrogen-bond acceptors (Lipinski definition) is 4. The summed E-state index contributed by atoms with van der Waals surface area (Å²) < 4.78 is 11.2. The van der Waals surface area contributed by atoms with Gasteiger partial charge in [-0.1, -0.05) is 0 Å². The summed E-state index contributed by atoms with van der Waals surface area (Å²) in [6, 6.07) is 3.56. The summed E-state index contributed by atoms with van der Waals surface area (Å²) in [7, 11) is 0. The zero-order valence-electron chi connectivity index (χ0n) is 8.56. The van der Waals surface area contributed by atoms with E-state index in [1.807, 2.05) is 6.07 Å². The molecule has 0 aliphatic heterocycles. The Hall–Kier alpha value is -1.14. The molecule has 0 amide bonds. The fourth-order valence-electron chi connectivity index (χ4n) is 0.914. The number of ether oxygens (including phenoxy) is 2. The molecular formula is C10H12BrNO4. The molecular weight excluding hydrogens is 278 g/mol. The third-order valence-electron chi connectivity index (χ3n) is 1.64. The van der Waals surface area contributed by atoms with E-state index in [1.165, 1.54) is 0 Å². The highest BCUT2D eigenvalue weighted by Crippen LogP contribution is 2.11. The first-order chi connectivity index (χ1) is 7.68. The highest BCUT2D eigenvalue weighted by atomic mass is 79.9. The lowest BCUT2D eigenvalue weighted by Crippen LogP contribution is -2.10. The Kier molecular flexibility index (Phi) is 5.81. The fraction of sp³-hybridized carbons (Fsp3) is 0.400. The van der Waals surface area contributed by atoms with Gasteiger partial charge in [-0.05, 0) is 22.0 Å². The standard InChI is InChI=1S/C10H12BrNO4/c11-8-1-2-9(12-7-8)16-6-5-15-4-3-10(13)14/h1-2,7H,3-6H2,(H,13,14). The summed E-state index contributed by atoms with van der Waals surface area (Å²) >= 11 is 3.26. The fourth-order valence-corrected chi connectivity index (χ4v) is 1.15. The van der Waals surface area contributed by atoms with Gasteiger partial charge in [0, 0.05) is 16.7 Å². The number of carbonyl (C=O) groups is 1. The molecule has 1 N–H and O–H groups in total. The molecule has 1 heterocycles. The number of pyridine rings is 1. The van der Waals surface area contributed by atoms with Crippen molar-refractivity contribution in [3.05, 3.63) is 22.8 Å². The van der Waals surface area contributed by atoms with Crippen LogP contribution in [0.3, 0.4) is 0 Å². The highest BCUT2D eigenvalue weighted by Gasteiger charge is 1.97. The lowest BCUT2D eigenvalue weighted by Gasteiger charge is -2.05. The lowest BCUT2D eigenvalue weighted by atomic mass is 10.5. The van der Waals surface area contributed by atoms with E-state index in [9.17, 15) is 4.79 Å². The van der Waals surface area contributed by atoms with Gasteiger partial charge >= 0.3 is 5.97 Å². The van der Waals surface area contributed by atoms with Crippen LogP contribution in [0.5, 0.6) is 5.88 Å². The summed E-state index contributed by atoms with van der Waals surface area (Å²) in [5, 5.41) is 8.35. The van der Waals surface area contributed by atoms with Crippen LogP contribution in [0.1, 0.15) is 6.42 Å². The number of hydrogen-bond donors (Lipinski definition) is 1. The quantitative estimate of drug-likeness (QED) is 0.774. The minimum Gasteiger partial charge on any atom is -0.481 e. The Morgan fingerprint density at radius 2 is 2.19 bits per heavy atom. The topological polar surface area (TPSA) is 68.7 Å². The number of carboxylic acids is 1. The van der Waals surface area contributed by atoms with Gasteiger partial charge in [0.15, 0.2) is 0 Å². The SMILES string of the molecule is O=C(O)CCOCCOc1ccc(Br)cn1. The number of aliphatic carboxylic acids is 1. The second-order valence-electron chi connectivity index (χ2n) is 2.92. The van der Waals surface area contributed by atoms with E-state index in [0.717, 1.165) is 4.47 Å². The third-order valence-corrected chi connectivity index (χ3v) is 2.11. The van der Waals surface area contributed by atoms with Gasteiger partial charge in [0.25, 0.3) is 0 Å². The van der Waals surface area contributed by atoms with Crippen molar-refractivity contribution in [2.45, 2.75) is 6.42 Å². The van der Waals surface area contributed by atoms with Gasteiger partial charge in [-0.3, -0.25) is 4.79 Å². The van der Waals surface area contributed by atoms with Gasteiger partial charge in [0.2, 0.25) is 5.88 Å². The zero-order chi connectivity index (χ0) is 11.8. The highest BCUT2D eigenvalue weighted by molar-refractivity contribution is 9.10. The first-order valence-corrected chi connectivity index (χ1v) is 5.51. The molecule has 1 aromatic rings. The van der Waals surface area contributed by atoms with Gasteiger partial charge in [0.1, 0.15) is 6.61 Å². The van der Waals surface area contributed by atoms with E-state index >= 15 is 0 Å². The molecule has 0 saturated carbocycles. The summed E-state index contributed by atoms with van der Waals surface area (Å²) in [6.45, 7) is 0.908. The van der Waals surface area contributed by atoms with E-state index in [-0.39, 0.29) is 13.0 Å². The van der Waals surface area contributed by atoms with Crippen molar-refractivity contribution in [2.24, 2.45) is 0 Å². The summed E-state index contributed by atoms with van der Waals surface area (Å²) in [5.74, 6) is -0.347. The van der Waals surface area contributed by atoms with E-state index in [0.29, 0.717) is 19.1 Å². The molecule has 0 atom stereocenters. The van der Waals surface area contributed by atoms with Gasteiger partial charge in [0.05, 0.1) is 19.6 Å². The molecule has 16 heavy (non-hydrogen) atoms. The Balaban J connectivity index is 2.07. The van der Waals surface area contributed by atoms with Gasteiger partial charge < -0.3 is 14.6 Å². The monoisotopic (exact) mass is 289 g/mol. The van der Waals surface area contributed by atoms with Crippen LogP contribution < -0.4 is 4.74 Å². The van der Waals surface area contributed by atoms with Crippen molar-refractivity contribution in [1.82, 2.24) is 4.98 Å². The maximum atomic E-state index is 10.2. The van der Waals surface area contributed by atoms with Crippen LogP contribution in [0.15, 0.2) is 22.8 Å². The molecule has 88 valence electrons. The molecule has 5 nitrogen and oxygen atoms in total. The van der Waals surface area contributed by atoms with Crippen LogP contribution in [0.4, 0.5) is 0 Å². The number of aromatic nitrogens is 1. The largest absolute Gasteiger partial charge is 0.481 e. The average molecular weight is 290 g/mol. The van der Waals surface area contributed by atoms with Crippen molar-refractivity contribution in [3.8, 4) is 5.88 Å². The molecule has 0 fully saturated rings. The van der Waals surface area contributed by atoms with E-state index < -0.39 is 5.97 Å². The molecule has 0 radical (unpaired) electrons. The summed E-state index contributed by atoms with van der Waals surface area (Å²) in [5.41, 5.74) is 0. The van der Waals surface area contributed by atoms with E-state index in [1.54, 1.807) is 12.3 Å². The Morgan fingerprint density at radius 3 is 2.81 bits per heavy atom. The van der Waals surface area contributed by atoms with Crippen molar-refractivity contribution < 1.29 is 19.4 Å². The van der Waals surface area contributed by atoms with Crippen LogP contribution in [0.2, 0.25) is 0 Å². The number of rotatable bonds is 7. The van der Waals surface area contributed by atoms with Crippen molar-refractivity contribution in [3.63, 3.8) is 0 Å². The molecule has 0 saturated heterocycles. The Morgan fingerprint density at radius 1 is 1.38 bits per heavy atom. The van der Waals surface area contributed by atoms with Crippen molar-refractivity contribution >= 4 is 21.9 Å². The first-order valence-electron chi connectivity index (χ1n) is 4.72. The van der Waals surface area contributed by atoms with Crippen LogP contribution in [0.25, 0.3) is 0 Å². The molecule has 0 aromatic carbocycles. The molecule has 6 heteroatoms. The van der Waals surface area contributed by atoms with E-state index in [2.05, 4.69) is 20.9 Å². The van der Waals surface area contributed by atoms with Crippen molar-refractivity contribution in [1.29, 1.82) is 0 Å². The molecule has 0 aliphatic carbocycles. The molecule has 0 bridgehead atoms. The Labute approximate surface area is 102 Å². The van der Waals surface area contributed by atoms with Gasteiger partial charge in [-0.15, -0.1) is 0 Å². The second-order valence-corrected chi connectivity index (χ2v) is 3.83. The van der Waals surface area contributed by atoms with Crippen LogP contribution >= 0.6 is 15.9 Å². The summed E-state index contributed by atoms with van der Waals surface area (Å²) in [6.07, 6.45) is 1.65. The van der Waals surface area contributed by atoms with Gasteiger partial charge in [-0.2, -0.15) is 0 Å². The lowest BCUT2D eigenvalue weighted by molar-refractivity contribution is -0.138. The van der Waals surface area contributed by atoms with Crippen LogP contribution in [0, 0.1) is 0 Å². The van der Waals surface area contributed by atoms with Gasteiger partial charge in [-0.25, -0.2) is 4.98 Å². The summed E-state index contributed by atoms with van der Waals surface area (Å²) in [4.78, 5) is 14.2. The zero-order valence-corrected chi connectivity index (χ0v) is 10.1. The number of carboxylic acid groups (broad SMARTS) is 1. The first kappa shape index (κ1) is 12.9. The predicted molar refractivity (Wildman–Crippen MR) is 60.5 cm³/mol. The van der Waals surface area contributed by atoms with Crippen LogP contribution in [-0.2, 0) is 9.53 Å². The smallest absolute Gasteiger partial charge is 0.305 e. The number of halogens is 1. The van der Waals surface area contributed by atoms with Crippen molar-refractivity contribution in [2.75, 3.05) is 19.8 Å². The maximum Gasteiger partial charge on any atom is 0.305 e. The third kappa shape index (κ3) is 5.67. The molecule has 1 aromatic heterocycles. The normalized spacial score (nSPS) is 10.1. The minimum atomic E-state index is -0.865. The molecule has 0 aliphatic rings. The Bertz CT molecular complexity index is 328. The molecule has 0 unspecified atom stereocenters. The predicted octanol–water partition coefficient (Wildman–Crippen LogP) is 1.71. The maximum absolute atomic E-state index is 10.2. The van der Waals surface area contributed by atoms with E-state index in [4.69, 9.17) is 14.6 Å². The minimum absolute atomic E-state index is 0.0105.